The summed E-state index contributed by atoms with van der Waals surface area (Å²) in [5.74, 6) is -0.281. The van der Waals surface area contributed by atoms with Crippen molar-refractivity contribution < 1.29 is 9.59 Å². The monoisotopic (exact) mass is 407 g/mol. The molecule has 148 valence electrons. The number of rotatable bonds is 6. The first-order valence-corrected chi connectivity index (χ1v) is 9.97. The molecule has 0 saturated heterocycles. The number of aryl methyl sites for hydroxylation is 1. The number of nitrogens with zero attached hydrogens (tertiary/aromatic N) is 2. The Balaban J connectivity index is 1.74. The average molecular weight is 407 g/mol. The van der Waals surface area contributed by atoms with E-state index in [-0.39, 0.29) is 17.2 Å². The van der Waals surface area contributed by atoms with E-state index in [0.29, 0.717) is 22.0 Å². The Kier molecular flexibility index (Phi) is 6.29. The van der Waals surface area contributed by atoms with Gasteiger partial charge in [0.15, 0.2) is 5.78 Å². The van der Waals surface area contributed by atoms with Gasteiger partial charge in [-0.25, -0.2) is 0 Å². The van der Waals surface area contributed by atoms with Gasteiger partial charge in [0.1, 0.15) is 5.03 Å². The Bertz CT molecular complexity index is 1110. The van der Waals surface area contributed by atoms with Crippen molar-refractivity contribution in [2.45, 2.75) is 31.0 Å². The number of amides is 1. The fourth-order valence-corrected chi connectivity index (χ4v) is 3.43. The summed E-state index contributed by atoms with van der Waals surface area (Å²) in [5, 5.41) is 7.30. The Morgan fingerprint density at radius 2 is 1.79 bits per heavy atom. The molecule has 6 nitrogen and oxygen atoms in total. The fourth-order valence-electron chi connectivity index (χ4n) is 2.62. The smallest absolute Gasteiger partial charge is 0.271 e. The Morgan fingerprint density at radius 3 is 2.48 bits per heavy atom. The van der Waals surface area contributed by atoms with Crippen molar-refractivity contribution in [3.8, 4) is 5.69 Å². The van der Waals surface area contributed by atoms with Gasteiger partial charge in [-0.1, -0.05) is 41.6 Å². The number of thioether (sulfide) groups is 1. The summed E-state index contributed by atoms with van der Waals surface area (Å²) in [7, 11) is 0. The number of aromatic nitrogens is 2. The lowest BCUT2D eigenvalue weighted by Gasteiger charge is -2.13. The maximum absolute atomic E-state index is 12.5. The molecule has 1 heterocycles. The van der Waals surface area contributed by atoms with Crippen LogP contribution in [0.25, 0.3) is 5.69 Å². The lowest BCUT2D eigenvalue weighted by molar-refractivity contribution is -0.115. The highest BCUT2D eigenvalue weighted by molar-refractivity contribution is 8.00. The zero-order chi connectivity index (χ0) is 21.0. The van der Waals surface area contributed by atoms with Crippen LogP contribution in [0.2, 0.25) is 0 Å². The molecule has 2 aromatic carbocycles. The SMILES string of the molecule is CC(=O)c1cccc(NC(=O)[C@@H](C)Sc2ccc(=O)n(-c3ccc(C)cc3)n2)c1. The normalized spacial score (nSPS) is 11.7. The molecule has 0 aliphatic heterocycles. The molecule has 1 amide bonds. The van der Waals surface area contributed by atoms with Crippen LogP contribution in [-0.2, 0) is 4.79 Å². The van der Waals surface area contributed by atoms with Crippen LogP contribution in [0.15, 0.2) is 70.5 Å². The maximum Gasteiger partial charge on any atom is 0.271 e. The molecule has 0 bridgehead atoms. The van der Waals surface area contributed by atoms with E-state index >= 15 is 0 Å². The predicted molar refractivity (Wildman–Crippen MR) is 115 cm³/mol. The predicted octanol–water partition coefficient (Wildman–Crippen LogP) is 3.86. The Hall–Kier alpha value is -3.19. The van der Waals surface area contributed by atoms with E-state index in [4.69, 9.17) is 0 Å². The maximum atomic E-state index is 12.5. The van der Waals surface area contributed by atoms with Crippen LogP contribution in [-0.4, -0.2) is 26.7 Å². The number of benzene rings is 2. The van der Waals surface area contributed by atoms with Gasteiger partial charge in [-0.15, -0.1) is 0 Å². The summed E-state index contributed by atoms with van der Waals surface area (Å²) in [5.41, 5.74) is 2.62. The summed E-state index contributed by atoms with van der Waals surface area (Å²) in [6.07, 6.45) is 0. The minimum absolute atomic E-state index is 0.0638. The molecule has 1 atom stereocenters. The van der Waals surface area contributed by atoms with Gasteiger partial charge in [-0.3, -0.25) is 14.4 Å². The van der Waals surface area contributed by atoms with E-state index < -0.39 is 5.25 Å². The molecule has 7 heteroatoms. The molecule has 0 radical (unpaired) electrons. The third-order valence-corrected chi connectivity index (χ3v) is 5.28. The van der Waals surface area contributed by atoms with Crippen molar-refractivity contribution in [2.75, 3.05) is 5.32 Å². The highest BCUT2D eigenvalue weighted by atomic mass is 32.2. The van der Waals surface area contributed by atoms with Crippen molar-refractivity contribution in [3.63, 3.8) is 0 Å². The molecule has 1 aromatic heterocycles. The van der Waals surface area contributed by atoms with E-state index in [9.17, 15) is 14.4 Å². The minimum atomic E-state index is -0.451. The molecule has 29 heavy (non-hydrogen) atoms. The summed E-state index contributed by atoms with van der Waals surface area (Å²) in [6.45, 7) is 5.21. The number of nitrogens with one attached hydrogen (secondary N) is 1. The first kappa shape index (κ1) is 20.5. The molecule has 0 fully saturated rings. The first-order chi connectivity index (χ1) is 13.8. The number of Topliss-reactive ketones (excluding diaryl/α,β-unsaturated/α-hetero) is 1. The largest absolute Gasteiger partial charge is 0.325 e. The first-order valence-electron chi connectivity index (χ1n) is 9.09. The second-order valence-electron chi connectivity index (χ2n) is 6.64. The minimum Gasteiger partial charge on any atom is -0.325 e. The van der Waals surface area contributed by atoms with Crippen LogP contribution in [0.1, 0.15) is 29.8 Å². The van der Waals surface area contributed by atoms with Crippen LogP contribution in [0.3, 0.4) is 0 Å². The molecule has 0 aliphatic carbocycles. The summed E-state index contributed by atoms with van der Waals surface area (Å²) in [6, 6.07) is 17.3. The number of carbonyl (C=O) groups excluding carboxylic acids is 2. The molecule has 3 aromatic rings. The number of anilines is 1. The van der Waals surface area contributed by atoms with Crippen LogP contribution in [0, 0.1) is 6.92 Å². The highest BCUT2D eigenvalue weighted by Crippen LogP contribution is 2.22. The fraction of sp³-hybridized carbons (Fsp3) is 0.182. The van der Waals surface area contributed by atoms with Crippen molar-refractivity contribution in [1.82, 2.24) is 9.78 Å². The third-order valence-electron chi connectivity index (χ3n) is 4.26. The summed E-state index contributed by atoms with van der Waals surface area (Å²) < 4.78 is 1.32. The zero-order valence-electron chi connectivity index (χ0n) is 16.4. The Morgan fingerprint density at radius 1 is 1.07 bits per heavy atom. The van der Waals surface area contributed by atoms with Gasteiger partial charge >= 0.3 is 0 Å². The van der Waals surface area contributed by atoms with E-state index in [1.165, 1.54) is 29.4 Å². The van der Waals surface area contributed by atoms with Gasteiger partial charge in [-0.05, 0) is 51.1 Å². The van der Waals surface area contributed by atoms with Crippen LogP contribution in [0.5, 0.6) is 0 Å². The lowest BCUT2D eigenvalue weighted by Crippen LogP contribution is -2.24. The van der Waals surface area contributed by atoms with Gasteiger partial charge < -0.3 is 5.32 Å². The van der Waals surface area contributed by atoms with E-state index in [2.05, 4.69) is 10.4 Å². The molecule has 1 N–H and O–H groups in total. The molecule has 0 unspecified atom stereocenters. The van der Waals surface area contributed by atoms with Crippen LogP contribution >= 0.6 is 11.8 Å². The average Bonchev–Trinajstić information content (AvgIpc) is 2.70. The number of ketones is 1. The van der Waals surface area contributed by atoms with E-state index in [1.54, 1.807) is 37.3 Å². The summed E-state index contributed by atoms with van der Waals surface area (Å²) in [4.78, 5) is 36.2. The van der Waals surface area contributed by atoms with Gasteiger partial charge in [0.25, 0.3) is 5.56 Å². The number of carbonyl (C=O) groups is 2. The number of hydrogen-bond donors (Lipinski definition) is 1. The Labute approximate surface area is 173 Å². The zero-order valence-corrected chi connectivity index (χ0v) is 17.2. The van der Waals surface area contributed by atoms with Crippen LogP contribution in [0.4, 0.5) is 5.69 Å². The van der Waals surface area contributed by atoms with Gasteiger partial charge in [-0.2, -0.15) is 9.78 Å². The molecular weight excluding hydrogens is 386 g/mol. The highest BCUT2D eigenvalue weighted by Gasteiger charge is 2.17. The van der Waals surface area contributed by atoms with Crippen molar-refractivity contribution in [2.24, 2.45) is 0 Å². The van der Waals surface area contributed by atoms with Crippen LogP contribution < -0.4 is 10.9 Å². The third kappa shape index (κ3) is 5.20. The number of hydrogen-bond acceptors (Lipinski definition) is 5. The standard InChI is InChI=1S/C22H21N3O3S/c1-14-7-9-19(10-8-14)25-21(27)12-11-20(24-25)29-16(3)22(28)23-18-6-4-5-17(13-18)15(2)26/h4-13,16H,1-3H3,(H,23,28)/t16-/m1/s1. The van der Waals surface area contributed by atoms with E-state index in [0.717, 1.165) is 5.56 Å². The topological polar surface area (TPSA) is 81.1 Å². The second-order valence-corrected chi connectivity index (χ2v) is 8.00. The molecule has 0 saturated carbocycles. The summed E-state index contributed by atoms with van der Waals surface area (Å²) >= 11 is 1.25. The molecule has 0 spiro atoms. The lowest BCUT2D eigenvalue weighted by atomic mass is 10.1. The molecule has 3 rings (SSSR count). The van der Waals surface area contributed by atoms with Crippen molar-refractivity contribution in [3.05, 3.63) is 82.1 Å². The van der Waals surface area contributed by atoms with Gasteiger partial charge in [0.05, 0.1) is 10.9 Å². The van der Waals surface area contributed by atoms with Gasteiger partial charge in [0, 0.05) is 17.3 Å². The van der Waals surface area contributed by atoms with E-state index in [1.807, 2.05) is 31.2 Å². The van der Waals surface area contributed by atoms with Crippen molar-refractivity contribution in [1.29, 1.82) is 0 Å². The van der Waals surface area contributed by atoms with Gasteiger partial charge in [0.2, 0.25) is 5.91 Å². The second kappa shape index (κ2) is 8.87. The quantitative estimate of drug-likeness (QED) is 0.496. The molecule has 0 aliphatic rings. The molecular formula is C22H21N3O3S. The van der Waals surface area contributed by atoms with Crippen molar-refractivity contribution >= 4 is 29.1 Å².